The molecule has 5 nitrogen and oxygen atoms in total. The number of fused-ring (bicyclic) bond motifs is 6. The van der Waals surface area contributed by atoms with Gasteiger partial charge in [0, 0.05) is 51.1 Å². The lowest BCUT2D eigenvalue weighted by atomic mass is 9.95. The Balaban J connectivity index is 0.986. The predicted octanol–water partition coefficient (Wildman–Crippen LogP) is 11.1. The van der Waals surface area contributed by atoms with Gasteiger partial charge in [-0.1, -0.05) is 97.1 Å². The van der Waals surface area contributed by atoms with E-state index < -0.39 is 0 Å². The van der Waals surface area contributed by atoms with Crippen LogP contribution in [0.2, 0.25) is 0 Å². The summed E-state index contributed by atoms with van der Waals surface area (Å²) in [5.74, 6) is 0. The monoisotopic (exact) mass is 637 g/mol. The SMILES string of the molecule is c1ccc2cc(-c3ccc4ccc(-c5ccc6ccc(-c7ccc(-c8cc9cccnc9c9ncccc89)cc7)cc6n5)cc4n3)ncc2c1. The molecule has 5 heteroatoms. The van der Waals surface area contributed by atoms with E-state index in [-0.39, 0.29) is 0 Å². The van der Waals surface area contributed by atoms with E-state index >= 15 is 0 Å². The second kappa shape index (κ2) is 11.4. The molecule has 232 valence electrons. The molecule has 5 aromatic heterocycles. The molecule has 50 heavy (non-hydrogen) atoms. The van der Waals surface area contributed by atoms with Crippen LogP contribution in [0.1, 0.15) is 0 Å². The molecule has 0 aliphatic carbocycles. The third kappa shape index (κ3) is 4.83. The van der Waals surface area contributed by atoms with Gasteiger partial charge in [-0.25, -0.2) is 9.97 Å². The van der Waals surface area contributed by atoms with Gasteiger partial charge in [0.25, 0.3) is 0 Å². The van der Waals surface area contributed by atoms with E-state index in [9.17, 15) is 0 Å². The largest absolute Gasteiger partial charge is 0.254 e. The second-order valence-electron chi connectivity index (χ2n) is 12.6. The summed E-state index contributed by atoms with van der Waals surface area (Å²) < 4.78 is 0. The topological polar surface area (TPSA) is 64.5 Å². The average molecular weight is 638 g/mol. The first-order valence-corrected chi connectivity index (χ1v) is 16.6. The molecule has 0 bridgehead atoms. The lowest BCUT2D eigenvalue weighted by Gasteiger charge is -2.11. The van der Waals surface area contributed by atoms with Gasteiger partial charge >= 0.3 is 0 Å². The number of hydrogen-bond acceptors (Lipinski definition) is 5. The molecule has 10 aromatic rings. The Labute approximate surface area is 287 Å². The van der Waals surface area contributed by atoms with E-state index in [4.69, 9.17) is 15.0 Å². The molecule has 5 aromatic carbocycles. The van der Waals surface area contributed by atoms with Crippen LogP contribution in [-0.2, 0) is 0 Å². The summed E-state index contributed by atoms with van der Waals surface area (Å²) in [6.45, 7) is 0. The van der Waals surface area contributed by atoms with Crippen molar-refractivity contribution in [3.8, 4) is 44.9 Å². The minimum absolute atomic E-state index is 0.852. The van der Waals surface area contributed by atoms with E-state index in [1.165, 1.54) is 0 Å². The Morgan fingerprint density at radius 2 is 0.960 bits per heavy atom. The molecule has 0 aliphatic rings. The maximum absolute atomic E-state index is 5.13. The highest BCUT2D eigenvalue weighted by Gasteiger charge is 2.12. The Bertz CT molecular complexity index is 2930. The van der Waals surface area contributed by atoms with Crippen LogP contribution in [0.15, 0.2) is 164 Å². The summed E-state index contributed by atoms with van der Waals surface area (Å²) in [6, 6.07) is 50.8. The van der Waals surface area contributed by atoms with E-state index in [1.807, 2.05) is 48.9 Å². The first kappa shape index (κ1) is 28.2. The average Bonchev–Trinajstić information content (AvgIpc) is 3.19. The molecule has 0 atom stereocenters. The van der Waals surface area contributed by atoms with Crippen LogP contribution < -0.4 is 0 Å². The summed E-state index contributed by atoms with van der Waals surface area (Å²) in [6.07, 6.45) is 5.57. The maximum Gasteiger partial charge on any atom is 0.0970 e. The van der Waals surface area contributed by atoms with Crippen molar-refractivity contribution in [3.63, 3.8) is 0 Å². The summed E-state index contributed by atoms with van der Waals surface area (Å²) in [5, 5.41) is 6.62. The van der Waals surface area contributed by atoms with Crippen molar-refractivity contribution in [1.82, 2.24) is 24.9 Å². The Morgan fingerprint density at radius 1 is 0.340 bits per heavy atom. The molecule has 0 aliphatic heterocycles. The molecule has 0 saturated heterocycles. The molecule has 0 fully saturated rings. The predicted molar refractivity (Wildman–Crippen MR) is 205 cm³/mol. The smallest absolute Gasteiger partial charge is 0.0970 e. The quantitative estimate of drug-likeness (QED) is 0.180. The Hall–Kier alpha value is -6.85. The number of rotatable bonds is 4. The molecule has 0 unspecified atom stereocenters. The van der Waals surface area contributed by atoms with Gasteiger partial charge in [0.05, 0.1) is 39.1 Å². The molecule has 0 spiro atoms. The van der Waals surface area contributed by atoms with Crippen molar-refractivity contribution in [2.75, 3.05) is 0 Å². The van der Waals surface area contributed by atoms with Crippen LogP contribution in [0.4, 0.5) is 0 Å². The lowest BCUT2D eigenvalue weighted by molar-refractivity contribution is 1.29. The second-order valence-corrected chi connectivity index (χ2v) is 12.6. The van der Waals surface area contributed by atoms with Gasteiger partial charge in [0.1, 0.15) is 0 Å². The van der Waals surface area contributed by atoms with Crippen LogP contribution in [0.3, 0.4) is 0 Å². The van der Waals surface area contributed by atoms with Gasteiger partial charge in [-0.15, -0.1) is 0 Å². The highest BCUT2D eigenvalue weighted by Crippen LogP contribution is 2.35. The zero-order valence-corrected chi connectivity index (χ0v) is 26.8. The fourth-order valence-electron chi connectivity index (χ4n) is 6.96. The highest BCUT2D eigenvalue weighted by molar-refractivity contribution is 6.10. The summed E-state index contributed by atoms with van der Waals surface area (Å²) in [5.41, 5.74) is 11.9. The molecule has 0 saturated carbocycles. The molecule has 10 rings (SSSR count). The van der Waals surface area contributed by atoms with Crippen molar-refractivity contribution in [1.29, 1.82) is 0 Å². The minimum Gasteiger partial charge on any atom is -0.254 e. The van der Waals surface area contributed by atoms with Crippen LogP contribution in [0.25, 0.3) is 99.3 Å². The fraction of sp³-hybridized carbons (Fsp3) is 0. The molecular formula is C45H27N5. The number of benzene rings is 5. The Kier molecular flexibility index (Phi) is 6.42. The van der Waals surface area contributed by atoms with Gasteiger partial charge in [-0.3, -0.25) is 15.0 Å². The van der Waals surface area contributed by atoms with Gasteiger partial charge in [0.15, 0.2) is 0 Å². The van der Waals surface area contributed by atoms with E-state index in [0.29, 0.717) is 0 Å². The van der Waals surface area contributed by atoms with E-state index in [2.05, 4.69) is 125 Å². The van der Waals surface area contributed by atoms with Crippen molar-refractivity contribution in [3.05, 3.63) is 164 Å². The zero-order chi connectivity index (χ0) is 33.0. The molecule has 0 N–H and O–H groups in total. The standard InChI is InChI=1S/C45H27N5/c1-2-6-36-27-48-43(25-32(36)5-1)40-20-18-31-14-16-34(26-42(31)50-40)39-19-17-30-13-15-33(24-41(30)49-39)28-9-11-29(12-10-28)38-23-35-7-3-21-46-44(35)45-37(38)8-4-22-47-45/h1-27H. The number of hydrogen-bond donors (Lipinski definition) is 0. The first-order chi connectivity index (χ1) is 24.7. The first-order valence-electron chi connectivity index (χ1n) is 16.6. The van der Waals surface area contributed by atoms with Crippen molar-refractivity contribution in [2.24, 2.45) is 0 Å². The zero-order valence-electron chi connectivity index (χ0n) is 26.8. The Morgan fingerprint density at radius 3 is 1.80 bits per heavy atom. The third-order valence-corrected chi connectivity index (χ3v) is 9.56. The number of nitrogens with zero attached hydrogens (tertiary/aromatic N) is 5. The van der Waals surface area contributed by atoms with Crippen LogP contribution in [0.5, 0.6) is 0 Å². The van der Waals surface area contributed by atoms with Gasteiger partial charge in [-0.2, -0.15) is 0 Å². The number of pyridine rings is 5. The van der Waals surface area contributed by atoms with Gasteiger partial charge < -0.3 is 0 Å². The summed E-state index contributed by atoms with van der Waals surface area (Å²) >= 11 is 0. The van der Waals surface area contributed by atoms with E-state index in [0.717, 1.165) is 99.3 Å². The number of aromatic nitrogens is 5. The molecule has 5 heterocycles. The van der Waals surface area contributed by atoms with Crippen LogP contribution in [-0.4, -0.2) is 24.9 Å². The van der Waals surface area contributed by atoms with Gasteiger partial charge in [-0.05, 0) is 76.2 Å². The van der Waals surface area contributed by atoms with Crippen LogP contribution >= 0.6 is 0 Å². The lowest BCUT2D eigenvalue weighted by Crippen LogP contribution is -1.91. The summed E-state index contributed by atoms with van der Waals surface area (Å²) in [4.78, 5) is 24.1. The van der Waals surface area contributed by atoms with Crippen molar-refractivity contribution < 1.29 is 0 Å². The van der Waals surface area contributed by atoms with Crippen molar-refractivity contribution in [2.45, 2.75) is 0 Å². The highest BCUT2D eigenvalue weighted by atomic mass is 14.8. The van der Waals surface area contributed by atoms with Crippen molar-refractivity contribution >= 4 is 54.4 Å². The van der Waals surface area contributed by atoms with Gasteiger partial charge in [0.2, 0.25) is 0 Å². The summed E-state index contributed by atoms with van der Waals surface area (Å²) in [7, 11) is 0. The normalized spacial score (nSPS) is 11.6. The molecule has 0 amide bonds. The van der Waals surface area contributed by atoms with Crippen LogP contribution in [0, 0.1) is 0 Å². The fourth-order valence-corrected chi connectivity index (χ4v) is 6.96. The third-order valence-electron chi connectivity index (χ3n) is 9.56. The maximum atomic E-state index is 5.13. The minimum atomic E-state index is 0.852. The molecule has 0 radical (unpaired) electrons. The van der Waals surface area contributed by atoms with E-state index in [1.54, 1.807) is 0 Å². The molecular weight excluding hydrogens is 611 g/mol.